The monoisotopic (exact) mass is 276 g/mol. The summed E-state index contributed by atoms with van der Waals surface area (Å²) in [6.45, 7) is 6.12. The first-order chi connectivity index (χ1) is 9.04. The summed E-state index contributed by atoms with van der Waals surface area (Å²) < 4.78 is 1.93. The highest BCUT2D eigenvalue weighted by atomic mass is 32.2. The summed E-state index contributed by atoms with van der Waals surface area (Å²) in [7, 11) is 0. The van der Waals surface area contributed by atoms with Crippen LogP contribution in [-0.4, -0.2) is 16.0 Å². The topological polar surface area (TPSA) is 55.9 Å². The average molecular weight is 276 g/mol. The summed E-state index contributed by atoms with van der Waals surface area (Å²) in [6.07, 6.45) is 2.06. The fourth-order valence-corrected chi connectivity index (χ4v) is 2.49. The van der Waals surface area contributed by atoms with Crippen LogP contribution in [0.5, 0.6) is 0 Å². The van der Waals surface area contributed by atoms with Gasteiger partial charge in [0.1, 0.15) is 0 Å². The largest absolute Gasteiger partial charge is 0.394 e. The minimum atomic E-state index is 0.264. The number of hydrogen-bond acceptors (Lipinski definition) is 4. The van der Waals surface area contributed by atoms with E-state index >= 15 is 0 Å². The number of nitrogen functional groups attached to an aromatic ring is 1. The van der Waals surface area contributed by atoms with Gasteiger partial charge in [0.05, 0.1) is 17.1 Å². The number of anilines is 3. The summed E-state index contributed by atoms with van der Waals surface area (Å²) in [5.41, 5.74) is 8.76. The van der Waals surface area contributed by atoms with Crippen LogP contribution >= 0.6 is 11.8 Å². The van der Waals surface area contributed by atoms with Crippen LogP contribution in [0.2, 0.25) is 0 Å². The number of nitrogens with zero attached hydrogens (tertiary/aromatic N) is 2. The Hall–Kier alpha value is -1.62. The number of nitrogens with two attached hydrogens (primary N) is 1. The van der Waals surface area contributed by atoms with Crippen LogP contribution in [0.3, 0.4) is 0 Å². The number of aromatic nitrogens is 2. The first-order valence-corrected chi connectivity index (χ1v) is 7.51. The number of aryl methyl sites for hydroxylation is 1. The van der Waals surface area contributed by atoms with Crippen LogP contribution in [0.1, 0.15) is 25.6 Å². The molecule has 19 heavy (non-hydrogen) atoms. The van der Waals surface area contributed by atoms with E-state index in [0.29, 0.717) is 5.69 Å². The number of hydrogen-bond donors (Lipinski definition) is 2. The van der Waals surface area contributed by atoms with Gasteiger partial charge in [-0.15, -0.1) is 11.8 Å². The molecule has 0 amide bonds. The summed E-state index contributed by atoms with van der Waals surface area (Å²) >= 11 is 1.71. The predicted octanol–water partition coefficient (Wildman–Crippen LogP) is 3.82. The number of benzene rings is 1. The number of rotatable bonds is 4. The quantitative estimate of drug-likeness (QED) is 0.834. The van der Waals surface area contributed by atoms with Crippen LogP contribution < -0.4 is 11.1 Å². The van der Waals surface area contributed by atoms with Crippen molar-refractivity contribution >= 4 is 29.0 Å². The average Bonchev–Trinajstić information content (AvgIpc) is 2.68. The van der Waals surface area contributed by atoms with Gasteiger partial charge in [0.15, 0.2) is 5.82 Å². The lowest BCUT2D eigenvalue weighted by molar-refractivity contribution is 0.536. The molecule has 0 bridgehead atoms. The molecule has 0 aliphatic carbocycles. The molecule has 1 aromatic carbocycles. The number of para-hydroxylation sites is 1. The molecule has 2 rings (SSSR count). The minimum Gasteiger partial charge on any atom is -0.394 e. The lowest BCUT2D eigenvalue weighted by atomic mass is 10.3. The van der Waals surface area contributed by atoms with Crippen molar-refractivity contribution in [3.05, 3.63) is 30.0 Å². The molecule has 2 aromatic rings. The molecule has 0 saturated heterocycles. The minimum absolute atomic E-state index is 0.264. The zero-order valence-electron chi connectivity index (χ0n) is 11.8. The second-order valence-corrected chi connectivity index (χ2v) is 5.56. The summed E-state index contributed by atoms with van der Waals surface area (Å²) in [5.74, 6) is 0.869. The van der Waals surface area contributed by atoms with E-state index in [4.69, 9.17) is 5.73 Å². The fourth-order valence-electron chi connectivity index (χ4n) is 1.93. The molecular weight excluding hydrogens is 256 g/mol. The Morgan fingerprint density at radius 2 is 2.00 bits per heavy atom. The smallest absolute Gasteiger partial charge is 0.152 e. The van der Waals surface area contributed by atoms with E-state index in [1.165, 1.54) is 4.90 Å². The number of thioether (sulfide) groups is 1. The van der Waals surface area contributed by atoms with Gasteiger partial charge in [-0.25, -0.2) is 4.68 Å². The zero-order chi connectivity index (χ0) is 14.0. The molecule has 102 valence electrons. The van der Waals surface area contributed by atoms with E-state index in [1.807, 2.05) is 23.7 Å². The number of nitrogens with one attached hydrogen (secondary N) is 1. The molecule has 5 heteroatoms. The summed E-state index contributed by atoms with van der Waals surface area (Å²) in [6, 6.07) is 8.46. The Balaban J connectivity index is 2.43. The molecule has 0 fully saturated rings. The Bertz CT molecular complexity index is 575. The maximum absolute atomic E-state index is 6.13. The van der Waals surface area contributed by atoms with Gasteiger partial charge in [-0.05, 0) is 39.2 Å². The Morgan fingerprint density at radius 1 is 1.32 bits per heavy atom. The highest BCUT2D eigenvalue weighted by Crippen LogP contribution is 2.32. The standard InChI is InChI=1S/C14H20N4S/c1-9(2)18-14(13(15)10(3)17-18)16-11-7-5-6-8-12(11)19-4/h5-9,16H,15H2,1-4H3. The van der Waals surface area contributed by atoms with Crippen molar-refractivity contribution in [1.29, 1.82) is 0 Å². The molecule has 0 spiro atoms. The maximum atomic E-state index is 6.13. The van der Waals surface area contributed by atoms with E-state index in [1.54, 1.807) is 11.8 Å². The van der Waals surface area contributed by atoms with Crippen LogP contribution in [0.15, 0.2) is 29.2 Å². The van der Waals surface area contributed by atoms with Crippen molar-refractivity contribution in [3.8, 4) is 0 Å². The van der Waals surface area contributed by atoms with E-state index in [-0.39, 0.29) is 6.04 Å². The Kier molecular flexibility index (Phi) is 4.04. The van der Waals surface area contributed by atoms with Gasteiger partial charge < -0.3 is 11.1 Å². The van der Waals surface area contributed by atoms with Gasteiger partial charge in [0.2, 0.25) is 0 Å². The highest BCUT2D eigenvalue weighted by molar-refractivity contribution is 7.98. The third kappa shape index (κ3) is 2.71. The second-order valence-electron chi connectivity index (χ2n) is 4.71. The molecule has 0 atom stereocenters. The molecule has 3 N–H and O–H groups in total. The Morgan fingerprint density at radius 3 is 2.63 bits per heavy atom. The summed E-state index contributed by atoms with van der Waals surface area (Å²) in [4.78, 5) is 1.19. The van der Waals surface area contributed by atoms with Gasteiger partial charge in [0, 0.05) is 10.9 Å². The van der Waals surface area contributed by atoms with E-state index < -0.39 is 0 Å². The van der Waals surface area contributed by atoms with Gasteiger partial charge >= 0.3 is 0 Å². The lowest BCUT2D eigenvalue weighted by Crippen LogP contribution is -2.08. The third-order valence-electron chi connectivity index (χ3n) is 2.98. The fraction of sp³-hybridized carbons (Fsp3) is 0.357. The molecule has 0 unspecified atom stereocenters. The highest BCUT2D eigenvalue weighted by Gasteiger charge is 2.15. The van der Waals surface area contributed by atoms with Crippen LogP contribution in [0.4, 0.5) is 17.2 Å². The molecule has 1 heterocycles. The molecule has 0 saturated carbocycles. The van der Waals surface area contributed by atoms with E-state index in [0.717, 1.165) is 17.2 Å². The first kappa shape index (κ1) is 13.8. The van der Waals surface area contributed by atoms with E-state index in [9.17, 15) is 0 Å². The molecular formula is C14H20N4S. The van der Waals surface area contributed by atoms with Gasteiger partial charge in [-0.2, -0.15) is 5.10 Å². The van der Waals surface area contributed by atoms with Gasteiger partial charge in [-0.3, -0.25) is 0 Å². The molecule has 1 aromatic heterocycles. The first-order valence-electron chi connectivity index (χ1n) is 6.29. The SMILES string of the molecule is CSc1ccccc1Nc1c(N)c(C)nn1C(C)C. The van der Waals surface area contributed by atoms with Crippen molar-refractivity contribution in [2.45, 2.75) is 31.7 Å². The van der Waals surface area contributed by atoms with Crippen molar-refractivity contribution in [3.63, 3.8) is 0 Å². The van der Waals surface area contributed by atoms with Crippen molar-refractivity contribution in [2.24, 2.45) is 0 Å². The zero-order valence-corrected chi connectivity index (χ0v) is 12.6. The Labute approximate surface area is 118 Å². The van der Waals surface area contributed by atoms with Gasteiger partial charge in [0.25, 0.3) is 0 Å². The van der Waals surface area contributed by atoms with Crippen LogP contribution in [0, 0.1) is 6.92 Å². The normalized spacial score (nSPS) is 11.0. The maximum Gasteiger partial charge on any atom is 0.152 e. The molecule has 4 nitrogen and oxygen atoms in total. The molecule has 0 radical (unpaired) electrons. The van der Waals surface area contributed by atoms with Gasteiger partial charge in [-0.1, -0.05) is 12.1 Å². The van der Waals surface area contributed by atoms with Crippen molar-refractivity contribution < 1.29 is 0 Å². The van der Waals surface area contributed by atoms with Crippen molar-refractivity contribution in [1.82, 2.24) is 9.78 Å². The molecule has 0 aliphatic heterocycles. The van der Waals surface area contributed by atoms with E-state index in [2.05, 4.69) is 42.7 Å². The van der Waals surface area contributed by atoms with Crippen LogP contribution in [-0.2, 0) is 0 Å². The second kappa shape index (κ2) is 5.57. The lowest BCUT2D eigenvalue weighted by Gasteiger charge is -2.15. The summed E-state index contributed by atoms with van der Waals surface area (Å²) in [5, 5.41) is 7.90. The van der Waals surface area contributed by atoms with Crippen LogP contribution in [0.25, 0.3) is 0 Å². The molecule has 0 aliphatic rings. The third-order valence-corrected chi connectivity index (χ3v) is 3.78. The predicted molar refractivity (Wildman–Crippen MR) is 83.3 cm³/mol. The van der Waals surface area contributed by atoms with Crippen molar-refractivity contribution in [2.75, 3.05) is 17.3 Å².